The Bertz CT molecular complexity index is 1310. The number of benzene rings is 1. The van der Waals surface area contributed by atoms with Gasteiger partial charge in [0.15, 0.2) is 11.6 Å². The summed E-state index contributed by atoms with van der Waals surface area (Å²) in [7, 11) is -4.22. The molecule has 0 spiro atoms. The van der Waals surface area contributed by atoms with Gasteiger partial charge in [-0.05, 0) is 51.3 Å². The van der Waals surface area contributed by atoms with E-state index in [4.69, 9.17) is 11.6 Å². The maximum atomic E-state index is 13.9. The summed E-state index contributed by atoms with van der Waals surface area (Å²) < 4.78 is 57.4. The van der Waals surface area contributed by atoms with Crippen molar-refractivity contribution in [1.82, 2.24) is 8.87 Å². The number of nitrogens with one attached hydrogen (secondary N) is 1. The summed E-state index contributed by atoms with van der Waals surface area (Å²) in [5.41, 5.74) is -1.38. The number of carbonyl (C=O) groups is 1. The van der Waals surface area contributed by atoms with Gasteiger partial charge in [0.05, 0.1) is 22.9 Å². The molecule has 12 heteroatoms. The fraction of sp³-hybridized carbons (Fsp3) is 0.435. The summed E-state index contributed by atoms with van der Waals surface area (Å²) >= 11 is 6.54. The Kier molecular flexibility index (Phi) is 6.84. The van der Waals surface area contributed by atoms with E-state index < -0.39 is 51.9 Å². The van der Waals surface area contributed by atoms with Crippen LogP contribution in [0.1, 0.15) is 49.3 Å². The van der Waals surface area contributed by atoms with Crippen LogP contribution in [0.5, 0.6) is 0 Å². The fourth-order valence-electron chi connectivity index (χ4n) is 4.79. The van der Waals surface area contributed by atoms with Gasteiger partial charge in [0.1, 0.15) is 10.6 Å². The van der Waals surface area contributed by atoms with Crippen LogP contribution in [-0.4, -0.2) is 57.7 Å². The van der Waals surface area contributed by atoms with Crippen molar-refractivity contribution in [2.24, 2.45) is 0 Å². The van der Waals surface area contributed by atoms with Crippen LogP contribution < -0.4 is 5.32 Å². The number of halogens is 3. The molecule has 190 valence electrons. The number of anilines is 1. The molecule has 1 amide bonds. The van der Waals surface area contributed by atoms with Crippen molar-refractivity contribution in [2.75, 3.05) is 11.9 Å². The van der Waals surface area contributed by atoms with Crippen LogP contribution in [0, 0.1) is 11.6 Å². The van der Waals surface area contributed by atoms with E-state index in [0.717, 1.165) is 12.1 Å². The van der Waals surface area contributed by atoms with E-state index >= 15 is 0 Å². The molecule has 1 fully saturated rings. The highest BCUT2D eigenvalue weighted by Crippen LogP contribution is 2.42. The molecule has 35 heavy (non-hydrogen) atoms. The fourth-order valence-corrected chi connectivity index (χ4v) is 7.49. The highest BCUT2D eigenvalue weighted by molar-refractivity contribution is 7.89. The van der Waals surface area contributed by atoms with E-state index in [2.05, 4.69) is 5.32 Å². The summed E-state index contributed by atoms with van der Waals surface area (Å²) in [5, 5.41) is 22.0. The molecule has 3 heterocycles. The van der Waals surface area contributed by atoms with Gasteiger partial charge in [-0.15, -0.1) is 0 Å². The van der Waals surface area contributed by atoms with Crippen LogP contribution in [0.25, 0.3) is 6.08 Å². The minimum absolute atomic E-state index is 0.0182. The monoisotopic (exact) mass is 529 g/mol. The number of aromatic nitrogens is 1. The lowest BCUT2D eigenvalue weighted by Gasteiger charge is -2.32. The molecule has 1 aromatic heterocycles. The maximum Gasteiger partial charge on any atom is 0.273 e. The molecule has 3 N–H and O–H groups in total. The van der Waals surface area contributed by atoms with Gasteiger partial charge >= 0.3 is 0 Å². The second-order valence-corrected chi connectivity index (χ2v) is 11.4. The Balaban J connectivity index is 1.74. The molecule has 3 atom stereocenters. The van der Waals surface area contributed by atoms with Gasteiger partial charge in [0, 0.05) is 30.4 Å². The molecular weight excluding hydrogens is 504 g/mol. The smallest absolute Gasteiger partial charge is 0.273 e. The molecule has 2 aliphatic rings. The van der Waals surface area contributed by atoms with E-state index in [1.807, 2.05) is 0 Å². The SMILES string of the molecule is CC1CCC(CC(C)(O)CO)N1S(=O)(=O)c1c(Cl)c(C(=O)Nc2ccc(F)c(F)c2)n2c1C=CC2. The third-order valence-corrected chi connectivity index (χ3v) is 9.04. The van der Waals surface area contributed by atoms with Gasteiger partial charge in [-0.2, -0.15) is 4.31 Å². The summed E-state index contributed by atoms with van der Waals surface area (Å²) in [5.74, 6) is -3.00. The van der Waals surface area contributed by atoms with E-state index in [1.54, 1.807) is 19.1 Å². The second-order valence-electron chi connectivity index (χ2n) is 9.25. The molecule has 0 aliphatic carbocycles. The van der Waals surface area contributed by atoms with Crippen molar-refractivity contribution in [3.63, 3.8) is 0 Å². The molecule has 2 aliphatic heterocycles. The zero-order chi connectivity index (χ0) is 25.7. The Morgan fingerprint density at radius 1 is 1.29 bits per heavy atom. The van der Waals surface area contributed by atoms with Gasteiger partial charge in [0.25, 0.3) is 5.91 Å². The maximum absolute atomic E-state index is 13.9. The van der Waals surface area contributed by atoms with Gasteiger partial charge in [0.2, 0.25) is 10.0 Å². The lowest BCUT2D eigenvalue weighted by Crippen LogP contribution is -2.45. The van der Waals surface area contributed by atoms with Crippen molar-refractivity contribution >= 4 is 39.3 Å². The van der Waals surface area contributed by atoms with Crippen molar-refractivity contribution in [3.05, 3.63) is 52.3 Å². The number of amides is 1. The highest BCUT2D eigenvalue weighted by atomic mass is 35.5. The lowest BCUT2D eigenvalue weighted by molar-refractivity contribution is -0.0169. The van der Waals surface area contributed by atoms with Gasteiger partial charge in [-0.3, -0.25) is 4.79 Å². The quantitative estimate of drug-likeness (QED) is 0.509. The standard InChI is InChI=1S/C23H26ClF2N3O5S/c1-13-5-7-15(11-23(2,32)12-30)29(13)35(33,34)21-18-4-3-9-28(18)20(19(21)24)22(31)27-14-6-8-16(25)17(26)10-14/h3-4,6,8,10,13,15,30,32H,5,7,9,11-12H2,1-2H3,(H,27,31). The molecule has 8 nitrogen and oxygen atoms in total. The molecule has 1 saturated heterocycles. The van der Waals surface area contributed by atoms with E-state index in [1.165, 1.54) is 21.9 Å². The van der Waals surface area contributed by atoms with Crippen LogP contribution in [0.15, 0.2) is 29.2 Å². The number of sulfonamides is 1. The van der Waals surface area contributed by atoms with Crippen molar-refractivity contribution < 1.29 is 32.2 Å². The number of hydrogen-bond acceptors (Lipinski definition) is 5. The minimum atomic E-state index is -4.22. The normalized spacial score (nSPS) is 21.8. The Hall–Kier alpha value is -2.31. The van der Waals surface area contributed by atoms with Gasteiger partial charge < -0.3 is 20.1 Å². The first-order valence-corrected chi connectivity index (χ1v) is 12.9. The van der Waals surface area contributed by atoms with E-state index in [9.17, 15) is 32.2 Å². The molecular formula is C23H26ClF2N3O5S. The molecule has 0 saturated carbocycles. The summed E-state index contributed by atoms with van der Waals surface area (Å²) in [6.07, 6.45) is 4.31. The number of nitrogens with zero attached hydrogens (tertiary/aromatic N) is 2. The van der Waals surface area contributed by atoms with Crippen LogP contribution in [-0.2, 0) is 16.6 Å². The van der Waals surface area contributed by atoms with Crippen molar-refractivity contribution in [3.8, 4) is 0 Å². The van der Waals surface area contributed by atoms with Gasteiger partial charge in [-0.1, -0.05) is 17.7 Å². The minimum Gasteiger partial charge on any atom is -0.393 e. The summed E-state index contributed by atoms with van der Waals surface area (Å²) in [6.45, 7) is 2.86. The third-order valence-electron chi connectivity index (χ3n) is 6.42. The Labute approximate surface area is 206 Å². The van der Waals surface area contributed by atoms with Crippen molar-refractivity contribution in [2.45, 2.75) is 62.2 Å². The number of hydrogen-bond donors (Lipinski definition) is 3. The first-order valence-electron chi connectivity index (χ1n) is 11.1. The predicted molar refractivity (Wildman–Crippen MR) is 127 cm³/mol. The molecule has 0 radical (unpaired) electrons. The number of aliphatic hydroxyl groups is 2. The van der Waals surface area contributed by atoms with Crippen LogP contribution >= 0.6 is 11.6 Å². The largest absolute Gasteiger partial charge is 0.393 e. The van der Waals surface area contributed by atoms with Crippen LogP contribution in [0.4, 0.5) is 14.5 Å². The number of rotatable bonds is 7. The zero-order valence-corrected chi connectivity index (χ0v) is 20.7. The average molecular weight is 530 g/mol. The number of aliphatic hydroxyl groups excluding tert-OH is 1. The Morgan fingerprint density at radius 3 is 2.66 bits per heavy atom. The van der Waals surface area contributed by atoms with Crippen molar-refractivity contribution in [1.29, 1.82) is 0 Å². The zero-order valence-electron chi connectivity index (χ0n) is 19.1. The lowest BCUT2D eigenvalue weighted by atomic mass is 9.97. The topological polar surface area (TPSA) is 112 Å². The third kappa shape index (κ3) is 4.63. The molecule has 3 unspecified atom stereocenters. The highest BCUT2D eigenvalue weighted by Gasteiger charge is 2.46. The number of carbonyl (C=O) groups excluding carboxylic acids is 1. The average Bonchev–Trinajstić information content (AvgIpc) is 3.44. The predicted octanol–water partition coefficient (Wildman–Crippen LogP) is 3.37. The van der Waals surface area contributed by atoms with Crippen LogP contribution in [0.2, 0.25) is 5.02 Å². The number of fused-ring (bicyclic) bond motifs is 1. The number of allylic oxidation sites excluding steroid dienone is 1. The first kappa shape index (κ1) is 25.8. The second kappa shape index (κ2) is 9.29. The molecule has 2 aromatic rings. The molecule has 4 rings (SSSR count). The van der Waals surface area contributed by atoms with E-state index in [-0.39, 0.29) is 40.0 Å². The molecule has 1 aromatic carbocycles. The van der Waals surface area contributed by atoms with Gasteiger partial charge in [-0.25, -0.2) is 17.2 Å². The molecule has 0 bridgehead atoms. The first-order chi connectivity index (χ1) is 16.4. The van der Waals surface area contributed by atoms with Crippen LogP contribution in [0.3, 0.4) is 0 Å². The summed E-state index contributed by atoms with van der Waals surface area (Å²) in [6, 6.07) is 1.89. The summed E-state index contributed by atoms with van der Waals surface area (Å²) in [4.78, 5) is 12.8. The van der Waals surface area contributed by atoms with E-state index in [0.29, 0.717) is 12.8 Å². The Morgan fingerprint density at radius 2 is 2.00 bits per heavy atom.